The zero-order valence-corrected chi connectivity index (χ0v) is 18.7. The van der Waals surface area contributed by atoms with Gasteiger partial charge in [-0.15, -0.1) is 26.7 Å². The van der Waals surface area contributed by atoms with E-state index in [1.54, 1.807) is 24.5 Å². The topological polar surface area (TPSA) is 94.9 Å². The van der Waals surface area contributed by atoms with Gasteiger partial charge in [0, 0.05) is 34.1 Å². The summed E-state index contributed by atoms with van der Waals surface area (Å²) in [6.45, 7) is 0. The number of phenolic OH excluding ortho intramolecular Hbond substituents is 1. The molecule has 7 nitrogen and oxygen atoms in total. The van der Waals surface area contributed by atoms with Gasteiger partial charge >= 0.3 is 0 Å². The predicted molar refractivity (Wildman–Crippen MR) is 136 cm³/mol. The van der Waals surface area contributed by atoms with Crippen LogP contribution in [0.2, 0.25) is 0 Å². The van der Waals surface area contributed by atoms with Crippen LogP contribution in [0.15, 0.2) is 122 Å². The molecule has 0 spiro atoms. The summed E-state index contributed by atoms with van der Waals surface area (Å²) in [7, 11) is 0. The van der Waals surface area contributed by atoms with Crippen LogP contribution in [0.5, 0.6) is 5.75 Å². The maximum absolute atomic E-state index is 9.98. The Morgan fingerprint density at radius 3 is 2.03 bits per heavy atom. The van der Waals surface area contributed by atoms with Crippen molar-refractivity contribution >= 4 is 56.2 Å². The molecule has 0 atom stereocenters. The molecule has 1 heterocycles. The Kier molecular flexibility index (Phi) is 6.22. The van der Waals surface area contributed by atoms with Crippen molar-refractivity contribution in [3.05, 3.63) is 102 Å². The zero-order chi connectivity index (χ0) is 23.2. The molecular weight excluding hydrogens is 444 g/mol. The van der Waals surface area contributed by atoms with Crippen molar-refractivity contribution in [2.75, 3.05) is 0 Å². The van der Waals surface area contributed by atoms with Crippen molar-refractivity contribution in [2.24, 2.45) is 25.4 Å². The summed E-state index contributed by atoms with van der Waals surface area (Å²) in [6.07, 6.45) is 3.35. The van der Waals surface area contributed by atoms with Crippen LogP contribution in [0.1, 0.15) is 5.56 Å². The number of phenols is 1. The fraction of sp³-hybridized carbons (Fsp3) is 0. The van der Waals surface area contributed by atoms with E-state index in [9.17, 15) is 5.11 Å². The number of azo groups is 2. The highest BCUT2D eigenvalue weighted by atomic mass is 32.1. The molecule has 0 saturated heterocycles. The molecule has 34 heavy (non-hydrogen) atoms. The molecule has 1 N–H and O–H groups in total. The maximum Gasteiger partial charge on any atom is 0.229 e. The molecule has 0 aliphatic carbocycles. The molecule has 0 bridgehead atoms. The first-order valence-electron chi connectivity index (χ1n) is 10.4. The number of aromatic hydroxyl groups is 1. The first-order valence-corrected chi connectivity index (χ1v) is 11.3. The molecule has 0 aliphatic heterocycles. The van der Waals surface area contributed by atoms with Gasteiger partial charge in [-0.3, -0.25) is 4.99 Å². The Hall–Kier alpha value is -4.56. The molecule has 164 valence electrons. The number of rotatable bonds is 6. The first-order chi connectivity index (χ1) is 16.8. The van der Waals surface area contributed by atoms with Gasteiger partial charge in [0.2, 0.25) is 5.13 Å². The summed E-state index contributed by atoms with van der Waals surface area (Å²) in [5, 5.41) is 31.5. The summed E-state index contributed by atoms with van der Waals surface area (Å²) in [5.41, 5.74) is 3.60. The van der Waals surface area contributed by atoms with Crippen LogP contribution in [-0.4, -0.2) is 16.3 Å². The van der Waals surface area contributed by atoms with Gasteiger partial charge in [0.1, 0.15) is 5.75 Å². The molecular formula is C26H18N6OS. The third-order valence-electron chi connectivity index (χ3n) is 4.95. The summed E-state index contributed by atoms with van der Waals surface area (Å²) in [5.74, 6) is 0.191. The average Bonchev–Trinajstić information content (AvgIpc) is 3.40. The second-order valence-electron chi connectivity index (χ2n) is 7.20. The van der Waals surface area contributed by atoms with E-state index in [1.165, 1.54) is 11.3 Å². The molecule has 0 aliphatic rings. The summed E-state index contributed by atoms with van der Waals surface area (Å²) >= 11 is 1.43. The molecule has 0 saturated carbocycles. The van der Waals surface area contributed by atoms with Crippen LogP contribution in [0.25, 0.3) is 10.8 Å². The van der Waals surface area contributed by atoms with E-state index in [4.69, 9.17) is 0 Å². The van der Waals surface area contributed by atoms with Crippen molar-refractivity contribution in [3.8, 4) is 5.75 Å². The number of benzene rings is 4. The number of thiazole rings is 1. The van der Waals surface area contributed by atoms with E-state index >= 15 is 0 Å². The van der Waals surface area contributed by atoms with E-state index < -0.39 is 0 Å². The van der Waals surface area contributed by atoms with Crippen LogP contribution in [0.3, 0.4) is 0 Å². The van der Waals surface area contributed by atoms with Crippen LogP contribution in [0.4, 0.5) is 27.9 Å². The number of para-hydroxylation sites is 1. The van der Waals surface area contributed by atoms with Crippen LogP contribution in [0, 0.1) is 0 Å². The number of aliphatic imine (C=N–C) groups is 1. The van der Waals surface area contributed by atoms with E-state index in [0.29, 0.717) is 22.1 Å². The quantitative estimate of drug-likeness (QED) is 0.202. The largest absolute Gasteiger partial charge is 0.507 e. The molecule has 0 fully saturated rings. The van der Waals surface area contributed by atoms with Gasteiger partial charge in [-0.05, 0) is 48.5 Å². The molecule has 0 radical (unpaired) electrons. The Morgan fingerprint density at radius 2 is 1.32 bits per heavy atom. The number of hydrogen-bond donors (Lipinski definition) is 1. The molecule has 0 unspecified atom stereocenters. The molecule has 8 heteroatoms. The van der Waals surface area contributed by atoms with Crippen LogP contribution in [-0.2, 0) is 0 Å². The highest BCUT2D eigenvalue weighted by Crippen LogP contribution is 2.34. The standard InChI is InChI=1S/C26H18N6OS/c33-25-8-4-1-5-18(25)17-28-23-13-14-24(22-7-3-2-6-21(22)23)31-29-19-9-11-20(12-10-19)30-32-26-27-15-16-34-26/h1-17,33H. The summed E-state index contributed by atoms with van der Waals surface area (Å²) in [4.78, 5) is 8.67. The second kappa shape index (κ2) is 9.93. The third kappa shape index (κ3) is 4.92. The Morgan fingerprint density at radius 1 is 0.676 bits per heavy atom. The van der Waals surface area contributed by atoms with Crippen molar-refractivity contribution in [1.29, 1.82) is 0 Å². The monoisotopic (exact) mass is 462 g/mol. The highest BCUT2D eigenvalue weighted by Gasteiger charge is 2.05. The molecule has 0 amide bonds. The van der Waals surface area contributed by atoms with Gasteiger partial charge in [0.05, 0.1) is 22.7 Å². The fourth-order valence-electron chi connectivity index (χ4n) is 3.27. The fourth-order valence-corrected chi connectivity index (χ4v) is 3.72. The van der Waals surface area contributed by atoms with Gasteiger partial charge < -0.3 is 5.11 Å². The lowest BCUT2D eigenvalue weighted by molar-refractivity contribution is 0.474. The lowest BCUT2D eigenvalue weighted by Crippen LogP contribution is -1.82. The number of nitrogens with zero attached hydrogens (tertiary/aromatic N) is 6. The molecule has 5 aromatic rings. The summed E-state index contributed by atoms with van der Waals surface area (Å²) < 4.78 is 0. The second-order valence-corrected chi connectivity index (χ2v) is 8.07. The van der Waals surface area contributed by atoms with E-state index in [1.807, 2.05) is 78.2 Å². The van der Waals surface area contributed by atoms with Crippen molar-refractivity contribution in [2.45, 2.75) is 0 Å². The Bertz CT molecular complexity index is 1510. The zero-order valence-electron chi connectivity index (χ0n) is 17.9. The van der Waals surface area contributed by atoms with E-state index in [0.717, 1.165) is 22.1 Å². The minimum atomic E-state index is 0.191. The Labute approximate surface area is 199 Å². The van der Waals surface area contributed by atoms with Gasteiger partial charge in [-0.25, -0.2) is 4.98 Å². The number of fused-ring (bicyclic) bond motifs is 1. The minimum absolute atomic E-state index is 0.191. The maximum atomic E-state index is 9.98. The average molecular weight is 463 g/mol. The van der Waals surface area contributed by atoms with Crippen LogP contribution >= 0.6 is 11.3 Å². The minimum Gasteiger partial charge on any atom is -0.507 e. The lowest BCUT2D eigenvalue weighted by Gasteiger charge is -2.05. The van der Waals surface area contributed by atoms with Gasteiger partial charge in [-0.2, -0.15) is 5.11 Å². The normalized spacial score (nSPS) is 11.9. The smallest absolute Gasteiger partial charge is 0.229 e. The van der Waals surface area contributed by atoms with Crippen molar-refractivity contribution < 1.29 is 5.11 Å². The molecule has 4 aromatic carbocycles. The number of hydrogen-bond acceptors (Lipinski definition) is 8. The highest BCUT2D eigenvalue weighted by molar-refractivity contribution is 7.13. The van der Waals surface area contributed by atoms with Crippen molar-refractivity contribution in [3.63, 3.8) is 0 Å². The number of aromatic nitrogens is 1. The van der Waals surface area contributed by atoms with Gasteiger partial charge in [0.25, 0.3) is 0 Å². The van der Waals surface area contributed by atoms with Gasteiger partial charge in [0.15, 0.2) is 0 Å². The Balaban J connectivity index is 1.38. The molecule has 5 rings (SSSR count). The molecule has 1 aromatic heterocycles. The van der Waals surface area contributed by atoms with E-state index in [-0.39, 0.29) is 5.75 Å². The van der Waals surface area contributed by atoms with Gasteiger partial charge in [-0.1, -0.05) is 36.4 Å². The van der Waals surface area contributed by atoms with Crippen molar-refractivity contribution in [1.82, 2.24) is 4.98 Å². The SMILES string of the molecule is Oc1ccccc1C=Nc1ccc(N=Nc2ccc(N=Nc3nccs3)cc2)c2ccccc12. The predicted octanol–water partition coefficient (Wildman–Crippen LogP) is 8.58. The van der Waals surface area contributed by atoms with Crippen LogP contribution < -0.4 is 0 Å². The lowest BCUT2D eigenvalue weighted by atomic mass is 10.1. The summed E-state index contributed by atoms with van der Waals surface area (Å²) in [6, 6.07) is 26.1. The first kappa shape index (κ1) is 21.3. The third-order valence-corrected chi connectivity index (χ3v) is 5.61. The van der Waals surface area contributed by atoms with E-state index in [2.05, 4.69) is 30.4 Å².